The van der Waals surface area contributed by atoms with Gasteiger partial charge in [0.1, 0.15) is 6.29 Å². The molecule has 2 rings (SSSR count). The van der Waals surface area contributed by atoms with E-state index in [0.717, 1.165) is 12.7 Å². The van der Waals surface area contributed by atoms with Crippen LogP contribution < -0.4 is 0 Å². The van der Waals surface area contributed by atoms with Crippen LogP contribution in [-0.2, 0) is 14.3 Å². The number of carbonyl (C=O) groups is 2. The minimum Gasteiger partial charge on any atom is -0.462 e. The molecule has 0 spiro atoms. The van der Waals surface area contributed by atoms with E-state index < -0.39 is 0 Å². The predicted octanol–water partition coefficient (Wildman–Crippen LogP) is 2.54. The molecule has 0 unspecified atom stereocenters. The van der Waals surface area contributed by atoms with Crippen LogP contribution in [0.1, 0.15) is 29.6 Å². The van der Waals surface area contributed by atoms with Gasteiger partial charge in [-0.25, -0.2) is 4.79 Å². The summed E-state index contributed by atoms with van der Waals surface area (Å²) >= 11 is 0. The maximum absolute atomic E-state index is 11.7. The molecule has 2 atom stereocenters. The molecule has 0 saturated heterocycles. The van der Waals surface area contributed by atoms with E-state index in [1.807, 2.05) is 18.2 Å². The normalized spacial score (nSPS) is 21.4. The van der Waals surface area contributed by atoms with E-state index in [1.165, 1.54) is 0 Å². The van der Waals surface area contributed by atoms with Gasteiger partial charge in [0.15, 0.2) is 0 Å². The minimum atomic E-state index is -0.318. The molecule has 4 heteroatoms. The van der Waals surface area contributed by atoms with Crippen LogP contribution in [0.15, 0.2) is 42.5 Å². The van der Waals surface area contributed by atoms with E-state index in [-0.39, 0.29) is 18.2 Å². The third-order valence-electron chi connectivity index (χ3n) is 3.13. The minimum absolute atomic E-state index is 0.00789. The second-order valence-electron chi connectivity index (χ2n) is 4.65. The molecule has 1 aromatic carbocycles. The number of carbonyl (C=O) groups excluding carboxylic acids is 2. The van der Waals surface area contributed by atoms with E-state index in [2.05, 4.69) is 0 Å². The molecule has 20 heavy (non-hydrogen) atoms. The van der Waals surface area contributed by atoms with Crippen molar-refractivity contribution in [1.82, 2.24) is 0 Å². The fraction of sp³-hybridized carbons (Fsp3) is 0.375. The van der Waals surface area contributed by atoms with Crippen LogP contribution in [-0.4, -0.2) is 31.1 Å². The summed E-state index contributed by atoms with van der Waals surface area (Å²) in [5.74, 6) is -0.318. The van der Waals surface area contributed by atoms with Crippen molar-refractivity contribution in [2.45, 2.75) is 31.5 Å². The molecule has 1 aliphatic heterocycles. The van der Waals surface area contributed by atoms with Gasteiger partial charge in [-0.15, -0.1) is 0 Å². The summed E-state index contributed by atoms with van der Waals surface area (Å²) < 4.78 is 10.9. The van der Waals surface area contributed by atoms with E-state index >= 15 is 0 Å². The van der Waals surface area contributed by atoms with Gasteiger partial charge in [-0.1, -0.05) is 30.4 Å². The van der Waals surface area contributed by atoms with Gasteiger partial charge in [0, 0.05) is 12.8 Å². The summed E-state index contributed by atoms with van der Waals surface area (Å²) in [6.45, 7) is 0.319. The number of rotatable bonds is 6. The van der Waals surface area contributed by atoms with Crippen molar-refractivity contribution in [2.75, 3.05) is 6.61 Å². The van der Waals surface area contributed by atoms with Crippen LogP contribution in [0, 0.1) is 0 Å². The van der Waals surface area contributed by atoms with Crippen molar-refractivity contribution >= 4 is 12.3 Å². The van der Waals surface area contributed by atoms with Crippen molar-refractivity contribution in [3.05, 3.63) is 48.0 Å². The average molecular weight is 274 g/mol. The SMILES string of the molecule is O=CC[C@@H]1C=CC[C@@H](CCOC(=O)c2ccccc2)O1. The number of esters is 1. The first kappa shape index (κ1) is 14.5. The van der Waals surface area contributed by atoms with Gasteiger partial charge in [0.05, 0.1) is 24.4 Å². The summed E-state index contributed by atoms with van der Waals surface area (Å²) in [6, 6.07) is 8.90. The van der Waals surface area contributed by atoms with Gasteiger partial charge in [-0.2, -0.15) is 0 Å². The summed E-state index contributed by atoms with van der Waals surface area (Å²) in [5.41, 5.74) is 0.552. The first-order valence-corrected chi connectivity index (χ1v) is 6.77. The quantitative estimate of drug-likeness (QED) is 0.454. The highest BCUT2D eigenvalue weighted by Gasteiger charge is 2.18. The smallest absolute Gasteiger partial charge is 0.338 e. The molecule has 1 aromatic rings. The van der Waals surface area contributed by atoms with Crippen LogP contribution in [0.2, 0.25) is 0 Å². The van der Waals surface area contributed by atoms with E-state index in [0.29, 0.717) is 25.0 Å². The Hall–Kier alpha value is -1.94. The molecule has 0 fully saturated rings. The fourth-order valence-corrected chi connectivity index (χ4v) is 2.09. The first-order valence-electron chi connectivity index (χ1n) is 6.77. The Bertz CT molecular complexity index is 467. The molecular formula is C16H18O4. The predicted molar refractivity (Wildman–Crippen MR) is 74.4 cm³/mol. The molecule has 0 amide bonds. The van der Waals surface area contributed by atoms with Crippen LogP contribution in [0.5, 0.6) is 0 Å². The van der Waals surface area contributed by atoms with Gasteiger partial charge in [-0.05, 0) is 18.6 Å². The monoisotopic (exact) mass is 274 g/mol. The number of hydrogen-bond acceptors (Lipinski definition) is 4. The molecule has 0 aliphatic carbocycles. The lowest BCUT2D eigenvalue weighted by Crippen LogP contribution is -2.26. The second-order valence-corrected chi connectivity index (χ2v) is 4.65. The fourth-order valence-electron chi connectivity index (χ4n) is 2.09. The maximum Gasteiger partial charge on any atom is 0.338 e. The topological polar surface area (TPSA) is 52.6 Å². The van der Waals surface area contributed by atoms with Gasteiger partial charge in [-0.3, -0.25) is 0 Å². The van der Waals surface area contributed by atoms with E-state index in [1.54, 1.807) is 24.3 Å². The average Bonchev–Trinajstić information content (AvgIpc) is 2.49. The molecule has 0 radical (unpaired) electrons. The van der Waals surface area contributed by atoms with Crippen molar-refractivity contribution in [1.29, 1.82) is 0 Å². The Kier molecular flexibility index (Phi) is 5.50. The Morgan fingerprint density at radius 1 is 1.35 bits per heavy atom. The molecule has 0 saturated carbocycles. The Morgan fingerprint density at radius 3 is 2.90 bits per heavy atom. The van der Waals surface area contributed by atoms with Crippen LogP contribution >= 0.6 is 0 Å². The largest absolute Gasteiger partial charge is 0.462 e. The van der Waals surface area contributed by atoms with Crippen molar-refractivity contribution in [2.24, 2.45) is 0 Å². The highest BCUT2D eigenvalue weighted by molar-refractivity contribution is 5.89. The molecule has 1 heterocycles. The third-order valence-corrected chi connectivity index (χ3v) is 3.13. The number of benzene rings is 1. The lowest BCUT2D eigenvalue weighted by molar-refractivity contribution is -0.111. The maximum atomic E-state index is 11.7. The van der Waals surface area contributed by atoms with Gasteiger partial charge in [0.2, 0.25) is 0 Å². The Morgan fingerprint density at radius 2 is 2.15 bits per heavy atom. The van der Waals surface area contributed by atoms with Crippen molar-refractivity contribution in [3.63, 3.8) is 0 Å². The Balaban J connectivity index is 1.72. The molecule has 106 valence electrons. The number of ether oxygens (including phenoxy) is 2. The van der Waals surface area contributed by atoms with E-state index in [4.69, 9.17) is 9.47 Å². The zero-order chi connectivity index (χ0) is 14.2. The zero-order valence-corrected chi connectivity index (χ0v) is 11.2. The van der Waals surface area contributed by atoms with Gasteiger partial charge in [0.25, 0.3) is 0 Å². The third kappa shape index (κ3) is 4.31. The van der Waals surface area contributed by atoms with Crippen LogP contribution in [0.4, 0.5) is 0 Å². The lowest BCUT2D eigenvalue weighted by Gasteiger charge is -2.24. The molecule has 1 aliphatic rings. The van der Waals surface area contributed by atoms with Crippen LogP contribution in [0.25, 0.3) is 0 Å². The standard InChI is InChI=1S/C16H18O4/c17-11-9-14-7-4-8-15(20-14)10-12-19-16(18)13-5-2-1-3-6-13/h1-7,11,14-15H,8-10,12H2/t14-,15-/m0/s1. The summed E-state index contributed by atoms with van der Waals surface area (Å²) in [5, 5.41) is 0. The lowest BCUT2D eigenvalue weighted by atomic mass is 10.1. The molecular weight excluding hydrogens is 256 g/mol. The van der Waals surface area contributed by atoms with Gasteiger partial charge >= 0.3 is 5.97 Å². The molecule has 4 nitrogen and oxygen atoms in total. The first-order chi connectivity index (χ1) is 9.79. The highest BCUT2D eigenvalue weighted by atomic mass is 16.5. The molecule has 0 bridgehead atoms. The molecule has 0 N–H and O–H groups in total. The number of aldehydes is 1. The zero-order valence-electron chi connectivity index (χ0n) is 11.2. The van der Waals surface area contributed by atoms with E-state index in [9.17, 15) is 9.59 Å². The Labute approximate surface area is 118 Å². The summed E-state index contributed by atoms with van der Waals surface area (Å²) in [6.07, 6.45) is 6.44. The summed E-state index contributed by atoms with van der Waals surface area (Å²) in [7, 11) is 0. The molecule has 0 aromatic heterocycles. The summed E-state index contributed by atoms with van der Waals surface area (Å²) in [4.78, 5) is 22.2. The van der Waals surface area contributed by atoms with Crippen molar-refractivity contribution < 1.29 is 19.1 Å². The number of hydrogen-bond donors (Lipinski definition) is 0. The highest BCUT2D eigenvalue weighted by Crippen LogP contribution is 2.17. The van der Waals surface area contributed by atoms with Gasteiger partial charge < -0.3 is 14.3 Å². The second kappa shape index (κ2) is 7.60. The van der Waals surface area contributed by atoms with Crippen molar-refractivity contribution in [3.8, 4) is 0 Å². The van der Waals surface area contributed by atoms with Crippen LogP contribution in [0.3, 0.4) is 0 Å².